The lowest BCUT2D eigenvalue weighted by Crippen LogP contribution is -2.24. The van der Waals surface area contributed by atoms with Crippen molar-refractivity contribution in [1.82, 2.24) is 15.3 Å². The van der Waals surface area contributed by atoms with Crippen LogP contribution in [0.5, 0.6) is 0 Å². The van der Waals surface area contributed by atoms with Gasteiger partial charge in [0.15, 0.2) is 0 Å². The summed E-state index contributed by atoms with van der Waals surface area (Å²) >= 11 is 11.9. The van der Waals surface area contributed by atoms with Crippen LogP contribution in [0.1, 0.15) is 21.6 Å². The normalized spacial score (nSPS) is 10.4. The lowest BCUT2D eigenvalue weighted by molar-refractivity contribution is 0.0946. The molecule has 3 rings (SSSR count). The number of carbonyl (C=O) groups excluding carboxylic acids is 1. The predicted octanol–water partition coefficient (Wildman–Crippen LogP) is 4.77. The number of rotatable bonds is 5. The second-order valence-corrected chi connectivity index (χ2v) is 6.50. The Kier molecular flexibility index (Phi) is 5.71. The molecule has 0 aliphatic rings. The van der Waals surface area contributed by atoms with Crippen LogP contribution in [0.4, 0.5) is 11.6 Å². The highest BCUT2D eigenvalue weighted by Gasteiger charge is 2.09. The zero-order chi connectivity index (χ0) is 18.5. The summed E-state index contributed by atoms with van der Waals surface area (Å²) in [6.07, 6.45) is 1.52. The number of nitrogens with zero attached hydrogens (tertiary/aromatic N) is 2. The quantitative estimate of drug-likeness (QED) is 0.662. The Hall–Kier alpha value is -2.63. The zero-order valence-corrected chi connectivity index (χ0v) is 15.5. The van der Waals surface area contributed by atoms with Gasteiger partial charge in [-0.2, -0.15) is 0 Å². The van der Waals surface area contributed by atoms with Gasteiger partial charge in [0.25, 0.3) is 5.91 Å². The number of halogens is 2. The maximum Gasteiger partial charge on any atom is 0.270 e. The van der Waals surface area contributed by atoms with Gasteiger partial charge in [-0.3, -0.25) is 4.79 Å². The van der Waals surface area contributed by atoms with Crippen molar-refractivity contribution in [3.05, 3.63) is 81.6 Å². The molecule has 0 fully saturated rings. The van der Waals surface area contributed by atoms with Gasteiger partial charge in [0, 0.05) is 18.4 Å². The summed E-state index contributed by atoms with van der Waals surface area (Å²) in [5, 5.41) is 6.73. The first-order valence-electron chi connectivity index (χ1n) is 7.90. The van der Waals surface area contributed by atoms with Crippen LogP contribution in [0.25, 0.3) is 0 Å². The minimum absolute atomic E-state index is 0.273. The first-order chi connectivity index (χ1) is 12.5. The molecule has 7 heteroatoms. The molecule has 0 saturated heterocycles. The molecule has 0 bridgehead atoms. The van der Waals surface area contributed by atoms with Crippen LogP contribution in [0.3, 0.4) is 0 Å². The second-order valence-electron chi connectivity index (χ2n) is 5.69. The molecule has 1 aromatic heterocycles. The van der Waals surface area contributed by atoms with Crippen LogP contribution in [0.15, 0.2) is 54.7 Å². The SMILES string of the molecule is Cc1ccc(CNC(=O)c2ccnc(Nc3ccc(Cl)c(Cl)c3)n2)cc1. The molecule has 0 unspecified atom stereocenters. The van der Waals surface area contributed by atoms with Crippen molar-refractivity contribution in [1.29, 1.82) is 0 Å². The number of aryl methyl sites for hydroxylation is 1. The van der Waals surface area contributed by atoms with E-state index in [1.807, 2.05) is 31.2 Å². The van der Waals surface area contributed by atoms with Gasteiger partial charge in [-0.1, -0.05) is 53.0 Å². The van der Waals surface area contributed by atoms with Gasteiger partial charge in [0.05, 0.1) is 10.0 Å². The highest BCUT2D eigenvalue weighted by Crippen LogP contribution is 2.26. The van der Waals surface area contributed by atoms with Gasteiger partial charge in [0.1, 0.15) is 5.69 Å². The van der Waals surface area contributed by atoms with E-state index in [4.69, 9.17) is 23.2 Å². The highest BCUT2D eigenvalue weighted by atomic mass is 35.5. The molecule has 3 aromatic rings. The average Bonchev–Trinajstić information content (AvgIpc) is 2.64. The number of amides is 1. The zero-order valence-electron chi connectivity index (χ0n) is 14.0. The Morgan fingerprint density at radius 3 is 2.54 bits per heavy atom. The molecule has 0 aliphatic carbocycles. The number of benzene rings is 2. The first kappa shape index (κ1) is 18.2. The summed E-state index contributed by atoms with van der Waals surface area (Å²) in [5.41, 5.74) is 3.15. The topological polar surface area (TPSA) is 66.9 Å². The minimum Gasteiger partial charge on any atom is -0.347 e. The van der Waals surface area contributed by atoms with Gasteiger partial charge >= 0.3 is 0 Å². The standard InChI is InChI=1S/C19H16Cl2N4O/c1-12-2-4-13(5-3-12)11-23-18(26)17-8-9-22-19(25-17)24-14-6-7-15(20)16(21)10-14/h2-10H,11H2,1H3,(H,23,26)(H,22,24,25). The number of hydrogen-bond acceptors (Lipinski definition) is 4. The van der Waals surface area contributed by atoms with Gasteiger partial charge in [-0.25, -0.2) is 9.97 Å². The van der Waals surface area contributed by atoms with E-state index in [0.717, 1.165) is 5.56 Å². The molecule has 26 heavy (non-hydrogen) atoms. The fourth-order valence-electron chi connectivity index (χ4n) is 2.23. The van der Waals surface area contributed by atoms with Crippen LogP contribution in [0, 0.1) is 6.92 Å². The van der Waals surface area contributed by atoms with Crippen molar-refractivity contribution in [2.75, 3.05) is 5.32 Å². The Labute approximate surface area is 161 Å². The molecule has 1 heterocycles. The summed E-state index contributed by atoms with van der Waals surface area (Å²) in [6, 6.07) is 14.6. The molecular weight excluding hydrogens is 371 g/mol. The van der Waals surface area contributed by atoms with E-state index in [-0.39, 0.29) is 11.6 Å². The Morgan fingerprint density at radius 2 is 1.81 bits per heavy atom. The smallest absolute Gasteiger partial charge is 0.270 e. The van der Waals surface area contributed by atoms with E-state index in [0.29, 0.717) is 28.2 Å². The summed E-state index contributed by atoms with van der Waals surface area (Å²) < 4.78 is 0. The number of carbonyl (C=O) groups is 1. The Balaban J connectivity index is 1.66. The Bertz CT molecular complexity index is 929. The summed E-state index contributed by atoms with van der Waals surface area (Å²) in [5.74, 6) is 0.0246. The van der Waals surface area contributed by atoms with Crippen molar-refractivity contribution in [3.63, 3.8) is 0 Å². The third-order valence-corrected chi connectivity index (χ3v) is 4.38. The molecule has 0 atom stereocenters. The first-order valence-corrected chi connectivity index (χ1v) is 8.66. The van der Waals surface area contributed by atoms with Crippen LogP contribution in [0.2, 0.25) is 10.0 Å². The van der Waals surface area contributed by atoms with E-state index < -0.39 is 0 Å². The molecule has 5 nitrogen and oxygen atoms in total. The van der Waals surface area contributed by atoms with Crippen LogP contribution in [-0.2, 0) is 6.54 Å². The van der Waals surface area contributed by atoms with E-state index in [2.05, 4.69) is 20.6 Å². The van der Waals surface area contributed by atoms with Gasteiger partial charge in [0.2, 0.25) is 5.95 Å². The highest BCUT2D eigenvalue weighted by molar-refractivity contribution is 6.42. The molecule has 0 spiro atoms. The van der Waals surface area contributed by atoms with E-state index >= 15 is 0 Å². The van der Waals surface area contributed by atoms with E-state index in [1.165, 1.54) is 11.8 Å². The second kappa shape index (κ2) is 8.17. The molecule has 2 aromatic carbocycles. The number of hydrogen-bond donors (Lipinski definition) is 2. The maximum absolute atomic E-state index is 12.3. The largest absolute Gasteiger partial charge is 0.347 e. The molecule has 0 radical (unpaired) electrons. The van der Waals surface area contributed by atoms with Crippen molar-refractivity contribution in [3.8, 4) is 0 Å². The summed E-state index contributed by atoms with van der Waals surface area (Å²) in [4.78, 5) is 20.7. The predicted molar refractivity (Wildman–Crippen MR) is 104 cm³/mol. The third-order valence-electron chi connectivity index (χ3n) is 3.64. The van der Waals surface area contributed by atoms with Crippen LogP contribution < -0.4 is 10.6 Å². The number of aromatic nitrogens is 2. The van der Waals surface area contributed by atoms with Crippen molar-refractivity contribution < 1.29 is 4.79 Å². The lowest BCUT2D eigenvalue weighted by Gasteiger charge is -2.08. The fourth-order valence-corrected chi connectivity index (χ4v) is 2.53. The van der Waals surface area contributed by atoms with Gasteiger partial charge in [-0.15, -0.1) is 0 Å². The van der Waals surface area contributed by atoms with Crippen LogP contribution >= 0.6 is 23.2 Å². The third kappa shape index (κ3) is 4.71. The van der Waals surface area contributed by atoms with E-state index in [9.17, 15) is 4.79 Å². The fraction of sp³-hybridized carbons (Fsp3) is 0.105. The van der Waals surface area contributed by atoms with Crippen LogP contribution in [-0.4, -0.2) is 15.9 Å². The molecule has 0 saturated carbocycles. The molecule has 132 valence electrons. The average molecular weight is 387 g/mol. The minimum atomic E-state index is -0.273. The molecule has 2 N–H and O–H groups in total. The molecular formula is C19H16Cl2N4O. The monoisotopic (exact) mass is 386 g/mol. The molecule has 1 amide bonds. The maximum atomic E-state index is 12.3. The van der Waals surface area contributed by atoms with Crippen molar-refractivity contribution in [2.45, 2.75) is 13.5 Å². The lowest BCUT2D eigenvalue weighted by atomic mass is 10.1. The number of anilines is 2. The molecule has 0 aliphatic heterocycles. The summed E-state index contributed by atoms with van der Waals surface area (Å²) in [7, 11) is 0. The van der Waals surface area contributed by atoms with E-state index in [1.54, 1.807) is 24.3 Å². The van der Waals surface area contributed by atoms with Crippen molar-refractivity contribution in [2.24, 2.45) is 0 Å². The van der Waals surface area contributed by atoms with Crippen molar-refractivity contribution >= 4 is 40.7 Å². The van der Waals surface area contributed by atoms with Gasteiger partial charge < -0.3 is 10.6 Å². The Morgan fingerprint density at radius 1 is 1.04 bits per heavy atom. The number of nitrogens with one attached hydrogen (secondary N) is 2. The summed E-state index contributed by atoms with van der Waals surface area (Å²) in [6.45, 7) is 2.45. The van der Waals surface area contributed by atoms with Gasteiger partial charge in [-0.05, 0) is 36.8 Å².